The van der Waals surface area contributed by atoms with Crippen LogP contribution in [0.25, 0.3) is 5.69 Å². The normalized spacial score (nSPS) is 14.7. The zero-order valence-electron chi connectivity index (χ0n) is 14.8. The van der Waals surface area contributed by atoms with Gasteiger partial charge in [0.05, 0.1) is 5.69 Å². The maximum Gasteiger partial charge on any atom is 0.276 e. The van der Waals surface area contributed by atoms with Crippen molar-refractivity contribution in [3.8, 4) is 17.2 Å². The highest BCUT2D eigenvalue weighted by molar-refractivity contribution is 6.04. The third kappa shape index (κ3) is 2.83. The molecule has 0 spiro atoms. The van der Waals surface area contributed by atoms with E-state index in [1.807, 2.05) is 47.1 Å². The van der Waals surface area contributed by atoms with Gasteiger partial charge in [0.15, 0.2) is 17.2 Å². The van der Waals surface area contributed by atoms with Crippen molar-refractivity contribution < 1.29 is 14.3 Å². The molecule has 2 aromatic carbocycles. The van der Waals surface area contributed by atoms with Gasteiger partial charge in [0.2, 0.25) is 0 Å². The molecule has 0 atom stereocenters. The summed E-state index contributed by atoms with van der Waals surface area (Å²) in [5, 5.41) is 7.59. The fourth-order valence-corrected chi connectivity index (χ4v) is 3.71. The number of carbonyl (C=O) groups excluding carboxylic acids is 1. The maximum atomic E-state index is 12.9. The first-order valence-electron chi connectivity index (χ1n) is 9.17. The SMILES string of the molecule is O=C(Nc1ccc2c(c1)OCCO2)c1nn(-c2ccccc2)c2c1CCC2. The van der Waals surface area contributed by atoms with Crippen LogP contribution in [0.4, 0.5) is 5.69 Å². The quantitative estimate of drug-likeness (QED) is 0.777. The molecule has 1 aromatic heterocycles. The summed E-state index contributed by atoms with van der Waals surface area (Å²) < 4.78 is 13.0. The van der Waals surface area contributed by atoms with Gasteiger partial charge in [0.1, 0.15) is 13.2 Å². The van der Waals surface area contributed by atoms with Crippen molar-refractivity contribution in [1.82, 2.24) is 9.78 Å². The van der Waals surface area contributed by atoms with E-state index >= 15 is 0 Å². The molecule has 0 saturated heterocycles. The van der Waals surface area contributed by atoms with Crippen molar-refractivity contribution in [2.24, 2.45) is 0 Å². The van der Waals surface area contributed by atoms with Gasteiger partial charge in [-0.05, 0) is 43.5 Å². The number of nitrogens with zero attached hydrogens (tertiary/aromatic N) is 2. The number of ether oxygens (including phenoxy) is 2. The first kappa shape index (κ1) is 15.9. The Kier molecular flexibility index (Phi) is 3.81. The van der Waals surface area contributed by atoms with Crippen LogP contribution >= 0.6 is 0 Å². The van der Waals surface area contributed by atoms with Gasteiger partial charge in [-0.3, -0.25) is 4.79 Å². The van der Waals surface area contributed by atoms with Gasteiger partial charge >= 0.3 is 0 Å². The van der Waals surface area contributed by atoms with Gasteiger partial charge in [-0.25, -0.2) is 4.68 Å². The summed E-state index contributed by atoms with van der Waals surface area (Å²) in [6.07, 6.45) is 2.87. The summed E-state index contributed by atoms with van der Waals surface area (Å²) in [7, 11) is 0. The van der Waals surface area contributed by atoms with Crippen LogP contribution in [0.15, 0.2) is 48.5 Å². The minimum absolute atomic E-state index is 0.195. The molecule has 1 aliphatic carbocycles. The van der Waals surface area contributed by atoms with Crippen LogP contribution in [0.3, 0.4) is 0 Å². The highest BCUT2D eigenvalue weighted by Crippen LogP contribution is 2.33. The fourth-order valence-electron chi connectivity index (χ4n) is 3.71. The number of hydrogen-bond donors (Lipinski definition) is 1. The van der Waals surface area contributed by atoms with Crippen molar-refractivity contribution in [3.05, 3.63) is 65.5 Å². The van der Waals surface area contributed by atoms with E-state index in [0.29, 0.717) is 36.1 Å². The molecule has 2 aliphatic rings. The average molecular weight is 361 g/mol. The average Bonchev–Trinajstić information content (AvgIpc) is 3.31. The lowest BCUT2D eigenvalue weighted by atomic mass is 10.2. The predicted octanol–water partition coefficient (Wildman–Crippen LogP) is 3.38. The standard InChI is InChI=1S/C21H19N3O3/c25-21(22-14-9-10-18-19(13-14)27-12-11-26-18)20-16-7-4-8-17(16)24(23-20)15-5-2-1-3-6-15/h1-3,5-6,9-10,13H,4,7-8,11-12H2,(H,22,25). The second-order valence-corrected chi connectivity index (χ2v) is 6.69. The first-order valence-corrected chi connectivity index (χ1v) is 9.17. The second-order valence-electron chi connectivity index (χ2n) is 6.69. The Hall–Kier alpha value is -3.28. The van der Waals surface area contributed by atoms with Crippen LogP contribution in [-0.2, 0) is 12.8 Å². The van der Waals surface area contributed by atoms with Crippen LogP contribution in [0.5, 0.6) is 11.5 Å². The molecule has 3 aromatic rings. The Morgan fingerprint density at radius 1 is 1.00 bits per heavy atom. The number of carbonyl (C=O) groups is 1. The molecule has 0 saturated carbocycles. The molecule has 1 amide bonds. The van der Waals surface area contributed by atoms with E-state index in [1.165, 1.54) is 0 Å². The minimum atomic E-state index is -0.195. The van der Waals surface area contributed by atoms with Crippen molar-refractivity contribution in [1.29, 1.82) is 0 Å². The molecule has 6 nitrogen and oxygen atoms in total. The number of aromatic nitrogens is 2. The topological polar surface area (TPSA) is 65.4 Å². The molecule has 0 radical (unpaired) electrons. The van der Waals surface area contributed by atoms with Gasteiger partial charge in [-0.2, -0.15) is 5.10 Å². The Morgan fingerprint density at radius 3 is 2.67 bits per heavy atom. The van der Waals surface area contributed by atoms with Gasteiger partial charge in [-0.15, -0.1) is 0 Å². The van der Waals surface area contributed by atoms with Crippen molar-refractivity contribution in [2.75, 3.05) is 18.5 Å². The van der Waals surface area contributed by atoms with E-state index in [9.17, 15) is 4.79 Å². The first-order chi connectivity index (χ1) is 13.3. The molecule has 2 heterocycles. The van der Waals surface area contributed by atoms with Crippen molar-refractivity contribution in [2.45, 2.75) is 19.3 Å². The summed E-state index contributed by atoms with van der Waals surface area (Å²) in [5.74, 6) is 1.16. The second kappa shape index (κ2) is 6.46. The van der Waals surface area contributed by atoms with Crippen LogP contribution in [0, 0.1) is 0 Å². The molecule has 136 valence electrons. The molecule has 1 N–H and O–H groups in total. The van der Waals surface area contributed by atoms with E-state index in [1.54, 1.807) is 6.07 Å². The number of fused-ring (bicyclic) bond motifs is 2. The van der Waals surface area contributed by atoms with Crippen LogP contribution in [0.2, 0.25) is 0 Å². The third-order valence-electron chi connectivity index (χ3n) is 4.95. The monoisotopic (exact) mass is 361 g/mol. The smallest absolute Gasteiger partial charge is 0.276 e. The molecule has 0 fully saturated rings. The Bertz CT molecular complexity index is 1010. The number of amides is 1. The molecular formula is C21H19N3O3. The zero-order valence-corrected chi connectivity index (χ0v) is 14.8. The van der Waals surface area contributed by atoms with Crippen LogP contribution in [-0.4, -0.2) is 28.9 Å². The lowest BCUT2D eigenvalue weighted by molar-refractivity contribution is 0.102. The molecule has 0 bridgehead atoms. The van der Waals surface area contributed by atoms with Gasteiger partial charge in [0, 0.05) is 23.0 Å². The highest BCUT2D eigenvalue weighted by atomic mass is 16.6. The molecular weight excluding hydrogens is 342 g/mol. The number of nitrogens with one attached hydrogen (secondary N) is 1. The summed E-state index contributed by atoms with van der Waals surface area (Å²) in [6, 6.07) is 15.4. The lowest BCUT2D eigenvalue weighted by Crippen LogP contribution is -2.17. The summed E-state index contributed by atoms with van der Waals surface area (Å²) in [5.41, 5.74) is 4.34. The number of anilines is 1. The molecule has 1 aliphatic heterocycles. The Labute approximate surface area is 156 Å². The number of para-hydroxylation sites is 1. The molecule has 6 heteroatoms. The van der Waals surface area contributed by atoms with Crippen molar-refractivity contribution >= 4 is 11.6 Å². The van der Waals surface area contributed by atoms with E-state index in [2.05, 4.69) is 10.4 Å². The Balaban J connectivity index is 1.46. The number of rotatable bonds is 3. The highest BCUT2D eigenvalue weighted by Gasteiger charge is 2.27. The third-order valence-corrected chi connectivity index (χ3v) is 4.95. The fraction of sp³-hybridized carbons (Fsp3) is 0.238. The minimum Gasteiger partial charge on any atom is -0.486 e. The summed E-state index contributed by atoms with van der Waals surface area (Å²) >= 11 is 0. The number of benzene rings is 2. The molecule has 5 rings (SSSR count). The lowest BCUT2D eigenvalue weighted by Gasteiger charge is -2.18. The number of hydrogen-bond acceptors (Lipinski definition) is 4. The van der Waals surface area contributed by atoms with Gasteiger partial charge in [-0.1, -0.05) is 18.2 Å². The van der Waals surface area contributed by atoms with Crippen molar-refractivity contribution in [3.63, 3.8) is 0 Å². The summed E-state index contributed by atoms with van der Waals surface area (Å²) in [6.45, 7) is 1.06. The van der Waals surface area contributed by atoms with Crippen LogP contribution in [0.1, 0.15) is 28.2 Å². The molecule has 27 heavy (non-hydrogen) atoms. The van der Waals surface area contributed by atoms with E-state index in [4.69, 9.17) is 9.47 Å². The maximum absolute atomic E-state index is 12.9. The van der Waals surface area contributed by atoms with E-state index in [-0.39, 0.29) is 5.91 Å². The van der Waals surface area contributed by atoms with E-state index in [0.717, 1.165) is 36.2 Å². The van der Waals surface area contributed by atoms with Gasteiger partial charge < -0.3 is 14.8 Å². The predicted molar refractivity (Wildman–Crippen MR) is 101 cm³/mol. The van der Waals surface area contributed by atoms with E-state index < -0.39 is 0 Å². The van der Waals surface area contributed by atoms with Gasteiger partial charge in [0.25, 0.3) is 5.91 Å². The zero-order chi connectivity index (χ0) is 18.2. The molecule has 0 unspecified atom stereocenters. The van der Waals surface area contributed by atoms with Crippen LogP contribution < -0.4 is 14.8 Å². The Morgan fingerprint density at radius 2 is 1.81 bits per heavy atom. The summed E-state index contributed by atoms with van der Waals surface area (Å²) in [4.78, 5) is 12.9. The largest absolute Gasteiger partial charge is 0.486 e.